The molecule has 3 rings (SSSR count). The average Bonchev–Trinajstić information content (AvgIpc) is 3.06. The SMILES string of the molecule is CCOC(=O)Cc1nc(-c2ccc3c(c2)OCO3)cs1. The van der Waals surface area contributed by atoms with Gasteiger partial charge in [0.15, 0.2) is 11.5 Å². The standard InChI is InChI=1S/C14H13NO4S/c1-2-17-14(16)6-13-15-10(7-20-13)9-3-4-11-12(5-9)19-8-18-11/h3-5,7H,2,6,8H2,1H3. The monoisotopic (exact) mass is 291 g/mol. The van der Waals surface area contributed by atoms with E-state index in [1.807, 2.05) is 23.6 Å². The fourth-order valence-electron chi connectivity index (χ4n) is 1.92. The van der Waals surface area contributed by atoms with Gasteiger partial charge in [0.05, 0.1) is 18.7 Å². The van der Waals surface area contributed by atoms with Gasteiger partial charge in [-0.05, 0) is 25.1 Å². The van der Waals surface area contributed by atoms with E-state index in [4.69, 9.17) is 14.2 Å². The van der Waals surface area contributed by atoms with Gasteiger partial charge >= 0.3 is 5.97 Å². The fraction of sp³-hybridized carbons (Fsp3) is 0.286. The van der Waals surface area contributed by atoms with Crippen molar-refractivity contribution in [1.29, 1.82) is 0 Å². The van der Waals surface area contributed by atoms with E-state index < -0.39 is 0 Å². The van der Waals surface area contributed by atoms with Gasteiger partial charge < -0.3 is 14.2 Å². The van der Waals surface area contributed by atoms with Crippen LogP contribution < -0.4 is 9.47 Å². The van der Waals surface area contributed by atoms with Gasteiger partial charge in [-0.15, -0.1) is 11.3 Å². The zero-order valence-electron chi connectivity index (χ0n) is 10.9. The van der Waals surface area contributed by atoms with Crippen LogP contribution in [0.15, 0.2) is 23.6 Å². The van der Waals surface area contributed by atoms with Crippen molar-refractivity contribution in [3.63, 3.8) is 0 Å². The molecule has 2 heterocycles. The number of benzene rings is 1. The van der Waals surface area contributed by atoms with Gasteiger partial charge in [-0.25, -0.2) is 4.98 Å². The number of nitrogens with zero attached hydrogens (tertiary/aromatic N) is 1. The van der Waals surface area contributed by atoms with Crippen molar-refractivity contribution >= 4 is 17.3 Å². The van der Waals surface area contributed by atoms with Crippen LogP contribution in [0.3, 0.4) is 0 Å². The van der Waals surface area contributed by atoms with Crippen LogP contribution in [0.25, 0.3) is 11.3 Å². The Labute approximate surface area is 120 Å². The first-order chi connectivity index (χ1) is 9.76. The zero-order chi connectivity index (χ0) is 13.9. The highest BCUT2D eigenvalue weighted by atomic mass is 32.1. The first-order valence-electron chi connectivity index (χ1n) is 6.26. The second-order valence-corrected chi connectivity index (χ2v) is 5.12. The third-order valence-corrected chi connectivity index (χ3v) is 3.67. The normalized spacial score (nSPS) is 12.4. The van der Waals surface area contributed by atoms with Gasteiger partial charge in [-0.1, -0.05) is 0 Å². The molecule has 0 bridgehead atoms. The molecular formula is C14H13NO4S. The molecule has 0 unspecified atom stereocenters. The minimum absolute atomic E-state index is 0.211. The van der Waals surface area contributed by atoms with Crippen molar-refractivity contribution in [1.82, 2.24) is 4.98 Å². The average molecular weight is 291 g/mol. The summed E-state index contributed by atoms with van der Waals surface area (Å²) in [4.78, 5) is 15.9. The number of thiazole rings is 1. The van der Waals surface area contributed by atoms with Crippen LogP contribution in [0.1, 0.15) is 11.9 Å². The number of esters is 1. The maximum atomic E-state index is 11.4. The van der Waals surface area contributed by atoms with E-state index >= 15 is 0 Å². The number of carbonyl (C=O) groups is 1. The van der Waals surface area contributed by atoms with Gasteiger partial charge in [-0.2, -0.15) is 0 Å². The summed E-state index contributed by atoms with van der Waals surface area (Å²) in [5.74, 6) is 1.22. The molecule has 0 saturated heterocycles. The topological polar surface area (TPSA) is 57.7 Å². The lowest BCUT2D eigenvalue weighted by molar-refractivity contribution is -0.142. The number of fused-ring (bicyclic) bond motifs is 1. The Kier molecular flexibility index (Phi) is 3.56. The van der Waals surface area contributed by atoms with Crippen LogP contribution in [-0.4, -0.2) is 24.4 Å². The number of hydrogen-bond acceptors (Lipinski definition) is 6. The highest BCUT2D eigenvalue weighted by Gasteiger charge is 2.15. The van der Waals surface area contributed by atoms with E-state index in [0.29, 0.717) is 6.61 Å². The van der Waals surface area contributed by atoms with Crippen molar-refractivity contribution < 1.29 is 19.0 Å². The van der Waals surface area contributed by atoms with E-state index in [1.165, 1.54) is 11.3 Å². The van der Waals surface area contributed by atoms with Crippen LogP contribution in [0.5, 0.6) is 11.5 Å². The zero-order valence-corrected chi connectivity index (χ0v) is 11.7. The molecule has 0 spiro atoms. The lowest BCUT2D eigenvalue weighted by Crippen LogP contribution is -2.07. The summed E-state index contributed by atoms with van der Waals surface area (Å²) >= 11 is 1.45. The summed E-state index contributed by atoms with van der Waals surface area (Å²) in [5.41, 5.74) is 1.77. The van der Waals surface area contributed by atoms with Crippen LogP contribution in [0, 0.1) is 0 Å². The van der Waals surface area contributed by atoms with Gasteiger partial charge in [0.1, 0.15) is 5.01 Å². The molecule has 0 radical (unpaired) electrons. The summed E-state index contributed by atoms with van der Waals surface area (Å²) < 4.78 is 15.5. The Bertz CT molecular complexity index is 638. The van der Waals surface area contributed by atoms with E-state index in [-0.39, 0.29) is 19.2 Å². The predicted octanol–water partition coefficient (Wildman–Crippen LogP) is 2.64. The van der Waals surface area contributed by atoms with E-state index in [1.54, 1.807) is 6.92 Å². The highest BCUT2D eigenvalue weighted by molar-refractivity contribution is 7.10. The van der Waals surface area contributed by atoms with Gasteiger partial charge in [0.2, 0.25) is 6.79 Å². The van der Waals surface area contributed by atoms with Gasteiger partial charge in [0.25, 0.3) is 0 Å². The summed E-state index contributed by atoms with van der Waals surface area (Å²) in [6.07, 6.45) is 0.211. The third-order valence-electron chi connectivity index (χ3n) is 2.82. The molecule has 0 saturated carbocycles. The number of aromatic nitrogens is 1. The van der Waals surface area contributed by atoms with Crippen molar-refractivity contribution in [2.45, 2.75) is 13.3 Å². The molecule has 1 aliphatic heterocycles. The molecule has 5 nitrogen and oxygen atoms in total. The predicted molar refractivity (Wildman–Crippen MR) is 74.0 cm³/mol. The number of hydrogen-bond donors (Lipinski definition) is 0. The van der Waals surface area contributed by atoms with Crippen LogP contribution in [-0.2, 0) is 16.0 Å². The number of ether oxygens (including phenoxy) is 3. The van der Waals surface area contributed by atoms with Crippen molar-refractivity contribution in [3.05, 3.63) is 28.6 Å². The quantitative estimate of drug-likeness (QED) is 0.811. The maximum absolute atomic E-state index is 11.4. The van der Waals surface area contributed by atoms with Crippen molar-refractivity contribution in [2.24, 2.45) is 0 Å². The molecule has 0 N–H and O–H groups in total. The van der Waals surface area contributed by atoms with E-state index in [9.17, 15) is 4.79 Å². The smallest absolute Gasteiger partial charge is 0.312 e. The summed E-state index contributed by atoms with van der Waals surface area (Å²) in [5, 5.41) is 2.67. The van der Waals surface area contributed by atoms with Gasteiger partial charge in [-0.3, -0.25) is 4.79 Å². The minimum atomic E-state index is -0.251. The van der Waals surface area contributed by atoms with Crippen molar-refractivity contribution in [3.8, 4) is 22.8 Å². The molecule has 0 aliphatic carbocycles. The molecular weight excluding hydrogens is 278 g/mol. The number of carbonyl (C=O) groups excluding carboxylic acids is 1. The van der Waals surface area contributed by atoms with Crippen molar-refractivity contribution in [2.75, 3.05) is 13.4 Å². The van der Waals surface area contributed by atoms with Crippen LogP contribution >= 0.6 is 11.3 Å². The Hall–Kier alpha value is -2.08. The first kappa shape index (κ1) is 12.9. The molecule has 6 heteroatoms. The maximum Gasteiger partial charge on any atom is 0.312 e. The Balaban J connectivity index is 1.78. The summed E-state index contributed by atoms with van der Waals surface area (Å²) in [6, 6.07) is 5.68. The van der Waals surface area contributed by atoms with E-state index in [0.717, 1.165) is 27.8 Å². The summed E-state index contributed by atoms with van der Waals surface area (Å²) in [6.45, 7) is 2.43. The van der Waals surface area contributed by atoms with Crippen LogP contribution in [0.4, 0.5) is 0 Å². The second kappa shape index (κ2) is 5.50. The summed E-state index contributed by atoms with van der Waals surface area (Å²) in [7, 11) is 0. The lowest BCUT2D eigenvalue weighted by Gasteiger charge is -2.00. The Morgan fingerprint density at radius 3 is 3.10 bits per heavy atom. The molecule has 1 aliphatic rings. The molecule has 0 amide bonds. The Morgan fingerprint density at radius 2 is 2.25 bits per heavy atom. The van der Waals surface area contributed by atoms with Crippen LogP contribution in [0.2, 0.25) is 0 Å². The molecule has 1 aromatic heterocycles. The van der Waals surface area contributed by atoms with Gasteiger partial charge in [0, 0.05) is 10.9 Å². The lowest BCUT2D eigenvalue weighted by atomic mass is 10.1. The third kappa shape index (κ3) is 2.60. The molecule has 104 valence electrons. The Morgan fingerprint density at radius 1 is 1.40 bits per heavy atom. The molecule has 0 fully saturated rings. The first-order valence-corrected chi connectivity index (χ1v) is 7.14. The molecule has 2 aromatic rings. The minimum Gasteiger partial charge on any atom is -0.466 e. The molecule has 20 heavy (non-hydrogen) atoms. The second-order valence-electron chi connectivity index (χ2n) is 4.18. The number of rotatable bonds is 4. The highest BCUT2D eigenvalue weighted by Crippen LogP contribution is 2.36. The molecule has 0 atom stereocenters. The largest absolute Gasteiger partial charge is 0.466 e. The van der Waals surface area contributed by atoms with E-state index in [2.05, 4.69) is 4.98 Å². The fourth-order valence-corrected chi connectivity index (χ4v) is 2.70. The molecule has 1 aromatic carbocycles.